The highest BCUT2D eigenvalue weighted by Gasteiger charge is 2.30. The summed E-state index contributed by atoms with van der Waals surface area (Å²) in [5, 5.41) is 12.5. The maximum absolute atomic E-state index is 13.5. The second-order valence-corrected chi connectivity index (χ2v) is 10.9. The van der Waals surface area contributed by atoms with Gasteiger partial charge in [0.2, 0.25) is 0 Å². The van der Waals surface area contributed by atoms with E-state index in [1.54, 1.807) is 0 Å². The van der Waals surface area contributed by atoms with E-state index in [1.807, 2.05) is 24.3 Å². The number of benzene rings is 1. The molecule has 2 aromatic rings. The van der Waals surface area contributed by atoms with Crippen LogP contribution in [0.1, 0.15) is 79.6 Å². The Labute approximate surface area is 218 Å². The number of nitrogens with one attached hydrogen (secondary N) is 1. The van der Waals surface area contributed by atoms with Gasteiger partial charge in [0.05, 0.1) is 5.56 Å². The number of rotatable bonds is 7. The van der Waals surface area contributed by atoms with Crippen LogP contribution in [0.4, 0.5) is 16.0 Å². The van der Waals surface area contributed by atoms with Crippen molar-refractivity contribution in [1.82, 2.24) is 10.3 Å². The van der Waals surface area contributed by atoms with Gasteiger partial charge in [-0.05, 0) is 67.9 Å². The van der Waals surface area contributed by atoms with E-state index in [0.29, 0.717) is 24.5 Å². The van der Waals surface area contributed by atoms with E-state index in [0.717, 1.165) is 69.4 Å². The lowest BCUT2D eigenvalue weighted by Gasteiger charge is -2.34. The monoisotopic (exact) mass is 508 g/mol. The predicted molar refractivity (Wildman–Crippen MR) is 142 cm³/mol. The van der Waals surface area contributed by atoms with Crippen molar-refractivity contribution < 1.29 is 19.1 Å². The van der Waals surface area contributed by atoms with E-state index < -0.39 is 5.97 Å². The minimum atomic E-state index is -0.765. The molecule has 198 valence electrons. The average Bonchev–Trinajstić information content (AvgIpc) is 3.39. The van der Waals surface area contributed by atoms with E-state index in [9.17, 15) is 19.1 Å². The molecule has 0 bridgehead atoms. The summed E-state index contributed by atoms with van der Waals surface area (Å²) in [5.74, 6) is 0.751. The smallest absolute Gasteiger partial charge is 0.303 e. The molecule has 1 aromatic carbocycles. The van der Waals surface area contributed by atoms with Crippen LogP contribution in [0.5, 0.6) is 0 Å². The molecule has 0 radical (unpaired) electrons. The Bertz CT molecular complexity index is 1100. The molecule has 2 atom stereocenters. The van der Waals surface area contributed by atoms with Crippen molar-refractivity contribution in [2.45, 2.75) is 69.7 Å². The Balaban J connectivity index is 1.39. The number of carbonyl (C=O) groups is 2. The lowest BCUT2D eigenvalue weighted by molar-refractivity contribution is -0.138. The molecule has 1 amide bonds. The highest BCUT2D eigenvalue weighted by molar-refractivity contribution is 5.99. The molecule has 2 saturated heterocycles. The fourth-order valence-electron chi connectivity index (χ4n) is 6.19. The Morgan fingerprint density at radius 1 is 0.919 bits per heavy atom. The van der Waals surface area contributed by atoms with Crippen molar-refractivity contribution in [3.05, 3.63) is 53.3 Å². The molecule has 3 aliphatic rings. The zero-order valence-corrected chi connectivity index (χ0v) is 21.4. The molecule has 0 spiro atoms. The van der Waals surface area contributed by atoms with Gasteiger partial charge in [-0.25, -0.2) is 9.37 Å². The molecule has 3 heterocycles. The number of aliphatic carboxylic acids is 1. The van der Waals surface area contributed by atoms with Crippen molar-refractivity contribution in [1.29, 1.82) is 0 Å². The summed E-state index contributed by atoms with van der Waals surface area (Å²) >= 11 is 0. The maximum Gasteiger partial charge on any atom is 0.303 e. The van der Waals surface area contributed by atoms with E-state index in [2.05, 4.69) is 15.1 Å². The van der Waals surface area contributed by atoms with Gasteiger partial charge in [0.15, 0.2) is 0 Å². The molecule has 8 heteroatoms. The first-order valence-corrected chi connectivity index (χ1v) is 13.8. The number of carbonyl (C=O) groups excluding carboxylic acids is 1. The standard InChI is InChI=1S/C29H37FN4O3/c30-23-10-8-21(9-11-23)22-14-16-34(19-22)28-25(29(37)31-24-6-2-1-3-7-24)12-13-26(32-28)33-15-4-5-20(18-33)17-27(35)36/h8-13,20,22,24H,1-7,14-19H2,(H,31,37)(H,35,36). The molecule has 2 unspecified atom stereocenters. The second-order valence-electron chi connectivity index (χ2n) is 10.9. The lowest BCUT2D eigenvalue weighted by Crippen LogP contribution is -2.38. The fraction of sp³-hybridized carbons (Fsp3) is 0.552. The van der Waals surface area contributed by atoms with Crippen molar-refractivity contribution >= 4 is 23.5 Å². The Morgan fingerprint density at radius 2 is 1.70 bits per heavy atom. The van der Waals surface area contributed by atoms with Crippen LogP contribution in [0.15, 0.2) is 36.4 Å². The zero-order valence-electron chi connectivity index (χ0n) is 21.4. The number of carboxylic acid groups (broad SMARTS) is 1. The van der Waals surface area contributed by atoms with Crippen LogP contribution in [0.3, 0.4) is 0 Å². The van der Waals surface area contributed by atoms with Crippen LogP contribution < -0.4 is 15.1 Å². The summed E-state index contributed by atoms with van der Waals surface area (Å²) in [4.78, 5) is 34.1. The first-order valence-electron chi connectivity index (χ1n) is 13.8. The normalized spacial score (nSPS) is 22.7. The summed E-state index contributed by atoms with van der Waals surface area (Å²) in [5.41, 5.74) is 1.69. The number of pyridine rings is 1. The average molecular weight is 509 g/mol. The Kier molecular flexibility index (Phi) is 7.91. The van der Waals surface area contributed by atoms with Crippen LogP contribution in [0.2, 0.25) is 0 Å². The lowest BCUT2D eigenvalue weighted by atomic mass is 9.95. The third-order valence-electron chi connectivity index (χ3n) is 8.18. The van der Waals surface area contributed by atoms with Gasteiger partial charge in [0, 0.05) is 44.6 Å². The van der Waals surface area contributed by atoms with Gasteiger partial charge in [0.1, 0.15) is 17.5 Å². The molecule has 2 N–H and O–H groups in total. The molecular formula is C29H37FN4O3. The van der Waals surface area contributed by atoms with Gasteiger partial charge >= 0.3 is 5.97 Å². The van der Waals surface area contributed by atoms with E-state index in [-0.39, 0.29) is 36.0 Å². The molecule has 1 aliphatic carbocycles. The van der Waals surface area contributed by atoms with Gasteiger partial charge in [0.25, 0.3) is 5.91 Å². The topological polar surface area (TPSA) is 85.8 Å². The van der Waals surface area contributed by atoms with Crippen molar-refractivity contribution in [2.24, 2.45) is 5.92 Å². The maximum atomic E-state index is 13.5. The number of aromatic nitrogens is 1. The second kappa shape index (κ2) is 11.5. The van der Waals surface area contributed by atoms with Gasteiger partial charge in [-0.1, -0.05) is 31.4 Å². The third-order valence-corrected chi connectivity index (χ3v) is 8.18. The van der Waals surface area contributed by atoms with Crippen molar-refractivity contribution in [3.63, 3.8) is 0 Å². The highest BCUT2D eigenvalue weighted by Crippen LogP contribution is 2.34. The summed E-state index contributed by atoms with van der Waals surface area (Å²) in [7, 11) is 0. The van der Waals surface area contributed by atoms with Gasteiger partial charge in [-0.3, -0.25) is 9.59 Å². The van der Waals surface area contributed by atoms with Crippen molar-refractivity contribution in [3.8, 4) is 0 Å². The van der Waals surface area contributed by atoms with Crippen LogP contribution in [0.25, 0.3) is 0 Å². The zero-order chi connectivity index (χ0) is 25.8. The number of anilines is 2. The highest BCUT2D eigenvalue weighted by atomic mass is 19.1. The number of hydrogen-bond donors (Lipinski definition) is 2. The summed E-state index contributed by atoms with van der Waals surface area (Å²) in [6, 6.07) is 10.7. The van der Waals surface area contributed by atoms with Crippen LogP contribution in [-0.4, -0.2) is 54.2 Å². The molecule has 5 rings (SSSR count). The van der Waals surface area contributed by atoms with E-state index >= 15 is 0 Å². The first-order chi connectivity index (χ1) is 18.0. The molecule has 2 aliphatic heterocycles. The largest absolute Gasteiger partial charge is 0.481 e. The summed E-state index contributed by atoms with van der Waals surface area (Å²) in [6.07, 6.45) is 8.45. The third kappa shape index (κ3) is 6.22. The quantitative estimate of drug-likeness (QED) is 0.549. The Hall–Kier alpha value is -3.16. The van der Waals surface area contributed by atoms with Gasteiger partial charge in [-0.15, -0.1) is 0 Å². The van der Waals surface area contributed by atoms with Crippen LogP contribution >= 0.6 is 0 Å². The number of carboxylic acids is 1. The number of hydrogen-bond acceptors (Lipinski definition) is 5. The molecule has 3 fully saturated rings. The minimum Gasteiger partial charge on any atom is -0.481 e. The molecule has 1 aromatic heterocycles. The predicted octanol–water partition coefficient (Wildman–Crippen LogP) is 4.97. The van der Waals surface area contributed by atoms with E-state index in [1.165, 1.54) is 18.6 Å². The minimum absolute atomic E-state index is 0.0754. The van der Waals surface area contributed by atoms with Gasteiger partial charge < -0.3 is 20.2 Å². The summed E-state index contributed by atoms with van der Waals surface area (Å²) in [6.45, 7) is 2.97. The summed E-state index contributed by atoms with van der Waals surface area (Å²) < 4.78 is 13.5. The fourth-order valence-corrected chi connectivity index (χ4v) is 6.19. The number of piperidine rings is 1. The molecule has 1 saturated carbocycles. The van der Waals surface area contributed by atoms with Crippen molar-refractivity contribution in [2.75, 3.05) is 36.0 Å². The number of nitrogens with zero attached hydrogens (tertiary/aromatic N) is 3. The number of halogens is 1. The van der Waals surface area contributed by atoms with Gasteiger partial charge in [-0.2, -0.15) is 0 Å². The first kappa shape index (κ1) is 25.5. The SMILES string of the molecule is O=C(O)CC1CCCN(c2ccc(C(=O)NC3CCCCC3)c(N3CCC(c4ccc(F)cc4)C3)n2)C1. The molecule has 7 nitrogen and oxygen atoms in total. The molecular weight excluding hydrogens is 471 g/mol. The number of amides is 1. The van der Waals surface area contributed by atoms with E-state index in [4.69, 9.17) is 4.98 Å². The molecule has 37 heavy (non-hydrogen) atoms. The van der Waals surface area contributed by atoms with Crippen LogP contribution in [0, 0.1) is 11.7 Å². The van der Waals surface area contributed by atoms with Crippen LogP contribution in [-0.2, 0) is 4.79 Å². The Morgan fingerprint density at radius 3 is 2.46 bits per heavy atom.